The highest BCUT2D eigenvalue weighted by molar-refractivity contribution is 5.84. The van der Waals surface area contributed by atoms with Crippen molar-refractivity contribution in [3.05, 3.63) is 30.1 Å². The van der Waals surface area contributed by atoms with E-state index >= 15 is 0 Å². The van der Waals surface area contributed by atoms with Crippen LogP contribution in [0.2, 0.25) is 0 Å². The van der Waals surface area contributed by atoms with Gasteiger partial charge in [-0.15, -0.1) is 0 Å². The van der Waals surface area contributed by atoms with Crippen molar-refractivity contribution in [2.45, 2.75) is 51.4 Å². The third-order valence-electron chi connectivity index (χ3n) is 3.89. The summed E-state index contributed by atoms with van der Waals surface area (Å²) in [6, 6.07) is 5.78. The van der Waals surface area contributed by atoms with Crippen LogP contribution in [0.3, 0.4) is 0 Å². The molecule has 0 bridgehead atoms. The van der Waals surface area contributed by atoms with E-state index in [4.69, 9.17) is 0 Å². The number of aromatic nitrogens is 1. The predicted octanol–water partition coefficient (Wildman–Crippen LogP) is 3.72. The molecule has 1 saturated carbocycles. The minimum absolute atomic E-state index is 0.0439. The van der Waals surface area contributed by atoms with Gasteiger partial charge in [0, 0.05) is 12.6 Å². The molecule has 0 radical (unpaired) electrons. The molecule has 92 valence electrons. The van der Waals surface area contributed by atoms with Gasteiger partial charge in [0.05, 0.1) is 11.6 Å². The molecule has 1 atom stereocenters. The minimum atomic E-state index is -0.0439. The number of hydrogen-bond donors (Lipinski definition) is 0. The van der Waals surface area contributed by atoms with Gasteiger partial charge in [0.25, 0.3) is 0 Å². The molecule has 17 heavy (non-hydrogen) atoms. The molecule has 1 fully saturated rings. The van der Waals surface area contributed by atoms with E-state index in [1.54, 1.807) is 6.20 Å². The second-order valence-corrected chi connectivity index (χ2v) is 5.13. The van der Waals surface area contributed by atoms with Crippen molar-refractivity contribution in [1.82, 2.24) is 4.98 Å². The zero-order chi connectivity index (χ0) is 12.1. The number of carbonyl (C=O) groups excluding carboxylic acids is 1. The lowest BCUT2D eigenvalue weighted by atomic mass is 9.93. The molecule has 0 N–H and O–H groups in total. The summed E-state index contributed by atoms with van der Waals surface area (Å²) in [5.74, 6) is 1.10. The standard InChI is InChI=1S/C15H21NO/c1-12(14-8-4-5-11-16-14)15(17)10-9-13-6-2-3-7-13/h4-5,8,11-13H,2-3,6-7,9-10H2,1H3. The van der Waals surface area contributed by atoms with Crippen LogP contribution in [-0.2, 0) is 4.79 Å². The molecule has 2 nitrogen and oxygen atoms in total. The molecule has 1 aromatic heterocycles. The van der Waals surface area contributed by atoms with Gasteiger partial charge in [-0.3, -0.25) is 9.78 Å². The van der Waals surface area contributed by atoms with E-state index in [2.05, 4.69) is 4.98 Å². The zero-order valence-electron chi connectivity index (χ0n) is 10.6. The first kappa shape index (κ1) is 12.3. The summed E-state index contributed by atoms with van der Waals surface area (Å²) in [5, 5.41) is 0. The maximum Gasteiger partial charge on any atom is 0.141 e. The van der Waals surface area contributed by atoms with Gasteiger partial charge in [-0.1, -0.05) is 31.7 Å². The Hall–Kier alpha value is -1.18. The maximum atomic E-state index is 12.1. The fourth-order valence-electron chi connectivity index (χ4n) is 2.66. The van der Waals surface area contributed by atoms with Gasteiger partial charge in [-0.2, -0.15) is 0 Å². The first-order valence-corrected chi connectivity index (χ1v) is 6.71. The first-order chi connectivity index (χ1) is 8.27. The Kier molecular flexibility index (Phi) is 4.29. The molecule has 1 aliphatic rings. The van der Waals surface area contributed by atoms with Gasteiger partial charge in [-0.05, 0) is 31.4 Å². The Labute approximate surface area is 103 Å². The van der Waals surface area contributed by atoms with Crippen molar-refractivity contribution < 1.29 is 4.79 Å². The number of rotatable bonds is 5. The Morgan fingerprint density at radius 2 is 2.18 bits per heavy atom. The van der Waals surface area contributed by atoms with Crippen molar-refractivity contribution >= 4 is 5.78 Å². The molecule has 0 amide bonds. The topological polar surface area (TPSA) is 30.0 Å². The third-order valence-corrected chi connectivity index (χ3v) is 3.89. The smallest absolute Gasteiger partial charge is 0.141 e. The summed E-state index contributed by atoms with van der Waals surface area (Å²) in [4.78, 5) is 16.3. The molecule has 1 unspecified atom stereocenters. The Morgan fingerprint density at radius 1 is 1.41 bits per heavy atom. The van der Waals surface area contributed by atoms with Gasteiger partial charge >= 0.3 is 0 Å². The van der Waals surface area contributed by atoms with Crippen LogP contribution in [0.15, 0.2) is 24.4 Å². The van der Waals surface area contributed by atoms with Crippen molar-refractivity contribution in [3.8, 4) is 0 Å². The molecular formula is C15H21NO. The van der Waals surface area contributed by atoms with E-state index in [0.717, 1.165) is 24.5 Å². The Morgan fingerprint density at radius 3 is 2.82 bits per heavy atom. The van der Waals surface area contributed by atoms with E-state index in [0.29, 0.717) is 5.78 Å². The number of ketones is 1. The highest BCUT2D eigenvalue weighted by Crippen LogP contribution is 2.29. The summed E-state index contributed by atoms with van der Waals surface area (Å²) in [5.41, 5.74) is 0.906. The maximum absolute atomic E-state index is 12.1. The van der Waals surface area contributed by atoms with Crippen molar-refractivity contribution in [3.63, 3.8) is 0 Å². The number of carbonyl (C=O) groups is 1. The fourth-order valence-corrected chi connectivity index (χ4v) is 2.66. The van der Waals surface area contributed by atoms with Crippen LogP contribution < -0.4 is 0 Å². The van der Waals surface area contributed by atoms with Crippen LogP contribution in [-0.4, -0.2) is 10.8 Å². The third kappa shape index (κ3) is 3.39. The summed E-state index contributed by atoms with van der Waals surface area (Å²) >= 11 is 0. The molecule has 1 heterocycles. The average molecular weight is 231 g/mol. The molecule has 0 aromatic carbocycles. The van der Waals surface area contributed by atoms with Crippen LogP contribution in [0.4, 0.5) is 0 Å². The van der Waals surface area contributed by atoms with Crippen molar-refractivity contribution in [2.75, 3.05) is 0 Å². The number of hydrogen-bond acceptors (Lipinski definition) is 2. The molecule has 2 rings (SSSR count). The number of Topliss-reactive ketones (excluding diaryl/α,β-unsaturated/α-hetero) is 1. The van der Waals surface area contributed by atoms with E-state index in [-0.39, 0.29) is 5.92 Å². The molecule has 1 aliphatic carbocycles. The lowest BCUT2D eigenvalue weighted by Gasteiger charge is -2.12. The normalized spacial score (nSPS) is 18.2. The first-order valence-electron chi connectivity index (χ1n) is 6.71. The lowest BCUT2D eigenvalue weighted by Crippen LogP contribution is -2.11. The van der Waals surface area contributed by atoms with Crippen LogP contribution in [0, 0.1) is 5.92 Å². The molecule has 0 saturated heterocycles. The summed E-state index contributed by atoms with van der Waals surface area (Å²) in [7, 11) is 0. The lowest BCUT2D eigenvalue weighted by molar-refractivity contribution is -0.120. The van der Waals surface area contributed by atoms with Crippen LogP contribution in [0.1, 0.15) is 57.1 Å². The van der Waals surface area contributed by atoms with E-state index in [1.807, 2.05) is 25.1 Å². The molecular weight excluding hydrogens is 210 g/mol. The van der Waals surface area contributed by atoms with Gasteiger partial charge in [0.1, 0.15) is 5.78 Å². The zero-order valence-corrected chi connectivity index (χ0v) is 10.6. The molecule has 2 heteroatoms. The second kappa shape index (κ2) is 5.95. The Bertz CT molecular complexity index is 354. The molecule has 1 aromatic rings. The second-order valence-electron chi connectivity index (χ2n) is 5.13. The SMILES string of the molecule is CC(C(=O)CCC1CCCC1)c1ccccn1. The van der Waals surface area contributed by atoms with Crippen LogP contribution in [0.25, 0.3) is 0 Å². The molecule has 0 aliphatic heterocycles. The summed E-state index contributed by atoms with van der Waals surface area (Å²) < 4.78 is 0. The van der Waals surface area contributed by atoms with Gasteiger partial charge in [-0.25, -0.2) is 0 Å². The van der Waals surface area contributed by atoms with Gasteiger partial charge < -0.3 is 0 Å². The van der Waals surface area contributed by atoms with E-state index in [1.165, 1.54) is 25.7 Å². The summed E-state index contributed by atoms with van der Waals surface area (Å²) in [6.45, 7) is 1.97. The number of pyridine rings is 1. The number of nitrogens with zero attached hydrogens (tertiary/aromatic N) is 1. The highest BCUT2D eigenvalue weighted by atomic mass is 16.1. The quantitative estimate of drug-likeness (QED) is 0.773. The largest absolute Gasteiger partial charge is 0.299 e. The van der Waals surface area contributed by atoms with Crippen molar-refractivity contribution in [1.29, 1.82) is 0 Å². The monoisotopic (exact) mass is 231 g/mol. The predicted molar refractivity (Wildman–Crippen MR) is 68.9 cm³/mol. The van der Waals surface area contributed by atoms with Gasteiger partial charge in [0.15, 0.2) is 0 Å². The highest BCUT2D eigenvalue weighted by Gasteiger charge is 2.20. The van der Waals surface area contributed by atoms with Crippen LogP contribution >= 0.6 is 0 Å². The summed E-state index contributed by atoms with van der Waals surface area (Å²) in [6.07, 6.45) is 8.92. The van der Waals surface area contributed by atoms with E-state index < -0.39 is 0 Å². The van der Waals surface area contributed by atoms with Gasteiger partial charge in [0.2, 0.25) is 0 Å². The Balaban J connectivity index is 1.83. The molecule has 0 spiro atoms. The van der Waals surface area contributed by atoms with Crippen molar-refractivity contribution in [2.24, 2.45) is 5.92 Å². The average Bonchev–Trinajstić information content (AvgIpc) is 2.89. The minimum Gasteiger partial charge on any atom is -0.299 e. The van der Waals surface area contributed by atoms with Crippen LogP contribution in [0.5, 0.6) is 0 Å². The van der Waals surface area contributed by atoms with E-state index in [9.17, 15) is 4.79 Å². The fraction of sp³-hybridized carbons (Fsp3) is 0.600.